The van der Waals surface area contributed by atoms with E-state index in [-0.39, 0.29) is 12.6 Å². The van der Waals surface area contributed by atoms with Crippen LogP contribution in [0.5, 0.6) is 0 Å². The highest BCUT2D eigenvalue weighted by molar-refractivity contribution is 6.08. The Hall–Kier alpha value is -3.26. The Morgan fingerprint density at radius 3 is 2.27 bits per heavy atom. The molecule has 1 heterocycles. The monoisotopic (exact) mass is 340 g/mol. The number of aromatic nitrogens is 1. The molecule has 3 heteroatoms. The highest BCUT2D eigenvalue weighted by atomic mass is 16.1. The first kappa shape index (κ1) is 17.6. The van der Waals surface area contributed by atoms with E-state index in [4.69, 9.17) is 0 Å². The van der Waals surface area contributed by atoms with Gasteiger partial charge in [0.25, 0.3) is 0 Å². The summed E-state index contributed by atoms with van der Waals surface area (Å²) in [4.78, 5) is 14.5. The summed E-state index contributed by atoms with van der Waals surface area (Å²) in [7, 11) is 0. The third-order valence-corrected chi connectivity index (χ3v) is 4.30. The number of unbranched alkanes of at least 4 members (excludes halogenated alkanes) is 2. The zero-order chi connectivity index (χ0) is 18.2. The number of isocyanates is 1. The van der Waals surface area contributed by atoms with Crippen molar-refractivity contribution in [1.29, 1.82) is 0 Å². The SMILES string of the molecule is CCCCC#CC#CC(CN=C=O)n1c2ccccc2c2ccccc21. The molecule has 26 heavy (non-hydrogen) atoms. The third kappa shape index (κ3) is 3.70. The highest BCUT2D eigenvalue weighted by Crippen LogP contribution is 2.31. The summed E-state index contributed by atoms with van der Waals surface area (Å²) in [5.41, 5.74) is 2.15. The molecule has 0 radical (unpaired) electrons. The van der Waals surface area contributed by atoms with Crippen LogP contribution in [0.3, 0.4) is 0 Å². The Labute approximate surface area is 153 Å². The second-order valence-corrected chi connectivity index (χ2v) is 6.03. The van der Waals surface area contributed by atoms with Crippen LogP contribution in [0.4, 0.5) is 0 Å². The smallest absolute Gasteiger partial charge is 0.235 e. The Balaban J connectivity index is 2.09. The van der Waals surface area contributed by atoms with Crippen LogP contribution in [0, 0.1) is 23.7 Å². The molecule has 0 aliphatic heterocycles. The van der Waals surface area contributed by atoms with Crippen LogP contribution in [0.15, 0.2) is 53.5 Å². The third-order valence-electron chi connectivity index (χ3n) is 4.30. The van der Waals surface area contributed by atoms with Gasteiger partial charge in [-0.3, -0.25) is 0 Å². The molecule has 3 rings (SSSR count). The molecule has 0 saturated heterocycles. The first-order valence-electron chi connectivity index (χ1n) is 8.86. The molecular weight excluding hydrogens is 320 g/mol. The maximum atomic E-state index is 10.7. The molecule has 0 aliphatic carbocycles. The first-order valence-corrected chi connectivity index (χ1v) is 8.86. The fourth-order valence-electron chi connectivity index (χ4n) is 3.10. The summed E-state index contributed by atoms with van der Waals surface area (Å²) in [6, 6.07) is 16.2. The molecule has 1 unspecified atom stereocenters. The molecule has 3 nitrogen and oxygen atoms in total. The van der Waals surface area contributed by atoms with Gasteiger partial charge in [0.15, 0.2) is 0 Å². The summed E-state index contributed by atoms with van der Waals surface area (Å²) in [6.07, 6.45) is 4.70. The highest BCUT2D eigenvalue weighted by Gasteiger charge is 2.16. The van der Waals surface area contributed by atoms with Crippen molar-refractivity contribution in [1.82, 2.24) is 4.57 Å². The lowest BCUT2D eigenvalue weighted by Crippen LogP contribution is -2.10. The lowest BCUT2D eigenvalue weighted by atomic mass is 10.2. The van der Waals surface area contributed by atoms with Crippen LogP contribution < -0.4 is 0 Å². The minimum absolute atomic E-state index is 0.260. The van der Waals surface area contributed by atoms with Crippen molar-refractivity contribution in [3.05, 3.63) is 48.5 Å². The zero-order valence-corrected chi connectivity index (χ0v) is 14.8. The second kappa shape index (κ2) is 8.72. The molecule has 0 fully saturated rings. The molecule has 0 spiro atoms. The molecule has 3 aromatic rings. The average molecular weight is 340 g/mol. The van der Waals surface area contributed by atoms with Crippen LogP contribution in [-0.2, 0) is 4.79 Å². The van der Waals surface area contributed by atoms with Crippen molar-refractivity contribution >= 4 is 27.9 Å². The number of hydrogen-bond donors (Lipinski definition) is 0. The lowest BCUT2D eigenvalue weighted by Gasteiger charge is -2.13. The minimum atomic E-state index is -0.262. The maximum absolute atomic E-state index is 10.7. The number of nitrogens with zero attached hydrogens (tertiary/aromatic N) is 2. The summed E-state index contributed by atoms with van der Waals surface area (Å²) >= 11 is 0. The molecule has 1 atom stereocenters. The number of carbonyl (C=O) groups excluding carboxylic acids is 1. The molecule has 0 saturated carbocycles. The number of benzene rings is 2. The maximum Gasteiger partial charge on any atom is 0.235 e. The van der Waals surface area contributed by atoms with Gasteiger partial charge in [-0.2, -0.15) is 0 Å². The van der Waals surface area contributed by atoms with Crippen molar-refractivity contribution in [3.8, 4) is 23.7 Å². The summed E-state index contributed by atoms with van der Waals surface area (Å²) in [5.74, 6) is 12.1. The van der Waals surface area contributed by atoms with E-state index in [2.05, 4.69) is 64.4 Å². The van der Waals surface area contributed by atoms with Gasteiger partial charge in [-0.05, 0) is 30.4 Å². The van der Waals surface area contributed by atoms with Crippen molar-refractivity contribution in [2.24, 2.45) is 4.99 Å². The molecule has 0 bridgehead atoms. The molecule has 128 valence electrons. The van der Waals surface area contributed by atoms with Gasteiger partial charge in [-0.15, -0.1) is 0 Å². The van der Waals surface area contributed by atoms with Crippen molar-refractivity contribution in [2.45, 2.75) is 32.2 Å². The predicted molar refractivity (Wildman–Crippen MR) is 107 cm³/mol. The molecule has 0 aliphatic rings. The van der Waals surface area contributed by atoms with Gasteiger partial charge >= 0.3 is 0 Å². The van der Waals surface area contributed by atoms with Gasteiger partial charge in [-0.25, -0.2) is 9.79 Å². The number of aliphatic imine (C=N–C) groups is 1. The zero-order valence-electron chi connectivity index (χ0n) is 14.8. The van der Waals surface area contributed by atoms with Gasteiger partial charge in [0.05, 0.1) is 17.6 Å². The van der Waals surface area contributed by atoms with E-state index in [9.17, 15) is 4.79 Å². The van der Waals surface area contributed by atoms with E-state index in [1.165, 1.54) is 10.8 Å². The van der Waals surface area contributed by atoms with Gasteiger partial charge in [0, 0.05) is 17.2 Å². The van der Waals surface area contributed by atoms with E-state index in [1.807, 2.05) is 24.3 Å². The summed E-state index contributed by atoms with van der Waals surface area (Å²) in [6.45, 7) is 2.40. The van der Waals surface area contributed by atoms with Crippen LogP contribution >= 0.6 is 0 Å². The molecule has 0 N–H and O–H groups in total. The largest absolute Gasteiger partial charge is 0.324 e. The summed E-state index contributed by atoms with van der Waals surface area (Å²) < 4.78 is 2.15. The number of para-hydroxylation sites is 2. The number of fused-ring (bicyclic) bond motifs is 3. The first-order chi connectivity index (χ1) is 12.9. The Kier molecular flexibility index (Phi) is 5.89. The van der Waals surface area contributed by atoms with E-state index >= 15 is 0 Å². The standard InChI is InChI=1S/C23H20N2O/c1-2-3-4-5-6-7-12-19(17-24-18-26)25-22-15-10-8-13-20(22)21-14-9-11-16-23(21)25/h8-11,13-16,19H,2-4,17H2,1H3. The van der Waals surface area contributed by atoms with Crippen LogP contribution in [0.25, 0.3) is 21.8 Å². The Morgan fingerprint density at radius 2 is 1.65 bits per heavy atom. The van der Waals surface area contributed by atoms with Gasteiger partial charge < -0.3 is 4.57 Å². The molecule has 2 aromatic carbocycles. The van der Waals surface area contributed by atoms with E-state index in [0.717, 1.165) is 30.3 Å². The van der Waals surface area contributed by atoms with Crippen molar-refractivity contribution in [3.63, 3.8) is 0 Å². The number of rotatable bonds is 5. The average Bonchev–Trinajstić information content (AvgIpc) is 3.02. The lowest BCUT2D eigenvalue weighted by molar-refractivity contribution is 0.559. The van der Waals surface area contributed by atoms with E-state index in [1.54, 1.807) is 6.08 Å². The van der Waals surface area contributed by atoms with Crippen molar-refractivity contribution in [2.75, 3.05) is 6.54 Å². The quantitative estimate of drug-likeness (QED) is 0.282. The predicted octanol–water partition coefficient (Wildman–Crippen LogP) is 4.87. The van der Waals surface area contributed by atoms with Gasteiger partial charge in [-0.1, -0.05) is 61.6 Å². The number of hydrogen-bond acceptors (Lipinski definition) is 2. The van der Waals surface area contributed by atoms with Gasteiger partial charge in [0.2, 0.25) is 6.08 Å². The minimum Gasteiger partial charge on any atom is -0.324 e. The second-order valence-electron chi connectivity index (χ2n) is 6.03. The van der Waals surface area contributed by atoms with Crippen LogP contribution in [-0.4, -0.2) is 17.2 Å². The van der Waals surface area contributed by atoms with Crippen LogP contribution in [0.2, 0.25) is 0 Å². The normalized spacial score (nSPS) is 11.1. The molecular formula is C23H20N2O. The van der Waals surface area contributed by atoms with Crippen LogP contribution in [0.1, 0.15) is 32.2 Å². The topological polar surface area (TPSA) is 34.4 Å². The van der Waals surface area contributed by atoms with E-state index in [0.29, 0.717) is 0 Å². The fraction of sp³-hybridized carbons (Fsp3) is 0.261. The Morgan fingerprint density at radius 1 is 1.00 bits per heavy atom. The molecule has 1 aromatic heterocycles. The van der Waals surface area contributed by atoms with Crippen molar-refractivity contribution < 1.29 is 4.79 Å². The fourth-order valence-corrected chi connectivity index (χ4v) is 3.10. The van der Waals surface area contributed by atoms with Gasteiger partial charge in [0.1, 0.15) is 6.04 Å². The summed E-state index contributed by atoms with van der Waals surface area (Å²) in [5, 5.41) is 2.33. The molecule has 0 amide bonds. The Bertz CT molecular complexity index is 1030. The van der Waals surface area contributed by atoms with E-state index < -0.39 is 0 Å².